The number of carbonyl (C=O) groups is 1. The number of amides is 1. The maximum Gasteiger partial charge on any atom is 0.407 e. The highest BCUT2D eigenvalue weighted by Gasteiger charge is 2.30. The van der Waals surface area contributed by atoms with E-state index in [1.54, 1.807) is 0 Å². The van der Waals surface area contributed by atoms with Crippen molar-refractivity contribution in [3.8, 4) is 0 Å². The Morgan fingerprint density at radius 2 is 1.68 bits per heavy atom. The maximum absolute atomic E-state index is 11.8. The fourth-order valence-corrected chi connectivity index (χ4v) is 3.88. The molecule has 4 nitrogen and oxygen atoms in total. The Balaban J connectivity index is 1.69. The molecule has 2 aliphatic carbocycles. The van der Waals surface area contributed by atoms with Gasteiger partial charge in [0, 0.05) is 18.1 Å². The first-order chi connectivity index (χ1) is 10.3. The first kappa shape index (κ1) is 17.6. The van der Waals surface area contributed by atoms with Crippen LogP contribution in [0.25, 0.3) is 0 Å². The molecule has 22 heavy (non-hydrogen) atoms. The lowest BCUT2D eigenvalue weighted by molar-refractivity contribution is 0.0505. The third-order valence-corrected chi connectivity index (χ3v) is 5.01. The van der Waals surface area contributed by atoms with Gasteiger partial charge in [-0.25, -0.2) is 4.79 Å². The van der Waals surface area contributed by atoms with E-state index < -0.39 is 5.60 Å². The van der Waals surface area contributed by atoms with Crippen molar-refractivity contribution < 1.29 is 9.53 Å². The molecular weight excluding hydrogens is 276 g/mol. The zero-order valence-electron chi connectivity index (χ0n) is 14.8. The Bertz CT molecular complexity index is 359. The summed E-state index contributed by atoms with van der Waals surface area (Å²) in [5.74, 6) is 0.839. The van der Waals surface area contributed by atoms with Crippen LogP contribution in [0.5, 0.6) is 0 Å². The van der Waals surface area contributed by atoms with Gasteiger partial charge in [-0.05, 0) is 65.7 Å². The van der Waals surface area contributed by atoms with Crippen LogP contribution in [0.15, 0.2) is 0 Å². The summed E-state index contributed by atoms with van der Waals surface area (Å²) in [6.07, 6.45) is 9.89. The lowest BCUT2D eigenvalue weighted by Crippen LogP contribution is -2.42. The van der Waals surface area contributed by atoms with E-state index in [4.69, 9.17) is 4.74 Å². The van der Waals surface area contributed by atoms with Crippen molar-refractivity contribution >= 4 is 6.09 Å². The van der Waals surface area contributed by atoms with Gasteiger partial charge >= 0.3 is 6.09 Å². The molecule has 0 radical (unpaired) electrons. The first-order valence-corrected chi connectivity index (χ1v) is 9.09. The minimum absolute atomic E-state index is 0.255. The summed E-state index contributed by atoms with van der Waals surface area (Å²) in [5, 5.41) is 6.82. The summed E-state index contributed by atoms with van der Waals surface area (Å²) >= 11 is 0. The van der Waals surface area contributed by atoms with E-state index in [-0.39, 0.29) is 12.1 Å². The van der Waals surface area contributed by atoms with Gasteiger partial charge in [-0.3, -0.25) is 0 Å². The zero-order valence-corrected chi connectivity index (χ0v) is 14.8. The molecule has 0 spiro atoms. The van der Waals surface area contributed by atoms with Gasteiger partial charge in [-0.2, -0.15) is 0 Å². The van der Waals surface area contributed by atoms with Gasteiger partial charge in [0.2, 0.25) is 0 Å². The van der Waals surface area contributed by atoms with Crippen LogP contribution in [0, 0.1) is 5.92 Å². The zero-order chi connectivity index (χ0) is 16.2. The molecule has 2 aliphatic rings. The predicted octanol–water partition coefficient (Wildman–Crippen LogP) is 3.99. The number of hydrogen-bond acceptors (Lipinski definition) is 3. The standard InChI is InChI=1S/C18H34N2O2/c1-13(14-8-6-5-7-9-14)19-15-10-11-16(12-15)20-17(21)22-18(2,3)4/h13-16,19H,5-12H2,1-4H3,(H,20,21)/t13-,15?,16?/m0/s1. The molecule has 2 unspecified atom stereocenters. The highest BCUT2D eigenvalue weighted by molar-refractivity contribution is 5.68. The molecule has 0 bridgehead atoms. The lowest BCUT2D eigenvalue weighted by atomic mass is 9.84. The Morgan fingerprint density at radius 1 is 1.05 bits per heavy atom. The molecule has 4 heteroatoms. The smallest absolute Gasteiger partial charge is 0.407 e. The van der Waals surface area contributed by atoms with Gasteiger partial charge in [0.05, 0.1) is 0 Å². The van der Waals surface area contributed by atoms with E-state index >= 15 is 0 Å². The quantitative estimate of drug-likeness (QED) is 0.825. The van der Waals surface area contributed by atoms with Crippen molar-refractivity contribution in [1.29, 1.82) is 0 Å². The maximum atomic E-state index is 11.8. The number of ether oxygens (including phenoxy) is 1. The molecule has 0 aliphatic heterocycles. The van der Waals surface area contributed by atoms with Gasteiger partial charge in [-0.1, -0.05) is 19.3 Å². The molecule has 2 rings (SSSR count). The number of nitrogens with one attached hydrogen (secondary N) is 2. The lowest BCUT2D eigenvalue weighted by Gasteiger charge is -2.30. The third-order valence-electron chi connectivity index (χ3n) is 5.01. The summed E-state index contributed by atoms with van der Waals surface area (Å²) in [5.41, 5.74) is -0.421. The summed E-state index contributed by atoms with van der Waals surface area (Å²) < 4.78 is 5.34. The molecule has 0 aromatic carbocycles. The molecule has 1 amide bonds. The molecule has 128 valence electrons. The van der Waals surface area contributed by atoms with Crippen LogP contribution < -0.4 is 10.6 Å². The van der Waals surface area contributed by atoms with E-state index in [9.17, 15) is 4.79 Å². The van der Waals surface area contributed by atoms with Crippen LogP contribution in [0.4, 0.5) is 4.79 Å². The van der Waals surface area contributed by atoms with E-state index in [0.29, 0.717) is 12.1 Å². The van der Waals surface area contributed by atoms with Gasteiger partial charge in [-0.15, -0.1) is 0 Å². The van der Waals surface area contributed by atoms with Crippen molar-refractivity contribution in [3.05, 3.63) is 0 Å². The highest BCUT2D eigenvalue weighted by Crippen LogP contribution is 2.28. The Hall–Kier alpha value is -0.770. The largest absolute Gasteiger partial charge is 0.444 e. The second-order valence-electron chi connectivity index (χ2n) is 8.21. The number of rotatable bonds is 4. The van der Waals surface area contributed by atoms with Crippen molar-refractivity contribution in [1.82, 2.24) is 10.6 Å². The number of carbonyl (C=O) groups excluding carboxylic acids is 1. The molecule has 0 aromatic rings. The third kappa shape index (κ3) is 5.79. The molecule has 0 saturated heterocycles. The topological polar surface area (TPSA) is 50.4 Å². The normalized spacial score (nSPS) is 28.4. The number of alkyl carbamates (subject to hydrolysis) is 1. The molecule has 3 atom stereocenters. The van der Waals surface area contributed by atoms with Gasteiger partial charge < -0.3 is 15.4 Å². The van der Waals surface area contributed by atoms with Crippen molar-refractivity contribution in [3.63, 3.8) is 0 Å². The fraction of sp³-hybridized carbons (Fsp3) is 0.944. The van der Waals surface area contributed by atoms with Crippen LogP contribution in [0.3, 0.4) is 0 Å². The monoisotopic (exact) mass is 310 g/mol. The highest BCUT2D eigenvalue weighted by atomic mass is 16.6. The Morgan fingerprint density at radius 3 is 2.32 bits per heavy atom. The average molecular weight is 310 g/mol. The van der Waals surface area contributed by atoms with Crippen LogP contribution in [0.2, 0.25) is 0 Å². The second-order valence-corrected chi connectivity index (χ2v) is 8.21. The predicted molar refractivity (Wildman–Crippen MR) is 90.0 cm³/mol. The summed E-state index contributed by atoms with van der Waals surface area (Å²) in [7, 11) is 0. The minimum atomic E-state index is -0.421. The van der Waals surface area contributed by atoms with E-state index in [2.05, 4.69) is 17.6 Å². The summed E-state index contributed by atoms with van der Waals surface area (Å²) in [6, 6.07) is 1.40. The van der Waals surface area contributed by atoms with Crippen LogP contribution in [0.1, 0.15) is 79.1 Å². The first-order valence-electron chi connectivity index (χ1n) is 9.09. The molecular formula is C18H34N2O2. The molecule has 2 saturated carbocycles. The van der Waals surface area contributed by atoms with Crippen molar-refractivity contribution in [2.45, 2.75) is 103 Å². The van der Waals surface area contributed by atoms with Crippen LogP contribution in [-0.4, -0.2) is 29.8 Å². The number of hydrogen-bond donors (Lipinski definition) is 2. The van der Waals surface area contributed by atoms with Crippen molar-refractivity contribution in [2.75, 3.05) is 0 Å². The fourth-order valence-electron chi connectivity index (χ4n) is 3.88. The average Bonchev–Trinajstić information content (AvgIpc) is 2.84. The molecule has 0 heterocycles. The Kier molecular flexibility index (Phi) is 6.13. The van der Waals surface area contributed by atoms with Crippen LogP contribution >= 0.6 is 0 Å². The van der Waals surface area contributed by atoms with Crippen LogP contribution in [-0.2, 0) is 4.74 Å². The SMILES string of the molecule is C[C@H](NC1CCC(NC(=O)OC(C)(C)C)C1)C1CCCCC1. The van der Waals surface area contributed by atoms with Crippen molar-refractivity contribution in [2.24, 2.45) is 5.92 Å². The molecule has 2 fully saturated rings. The van der Waals surface area contributed by atoms with Gasteiger partial charge in [0.25, 0.3) is 0 Å². The van der Waals surface area contributed by atoms with E-state index in [0.717, 1.165) is 25.2 Å². The molecule has 0 aromatic heterocycles. The minimum Gasteiger partial charge on any atom is -0.444 e. The summed E-state index contributed by atoms with van der Waals surface area (Å²) in [4.78, 5) is 11.8. The second kappa shape index (κ2) is 7.67. The molecule has 2 N–H and O–H groups in total. The summed E-state index contributed by atoms with van der Waals surface area (Å²) in [6.45, 7) is 8.04. The van der Waals surface area contributed by atoms with Gasteiger partial charge in [0.15, 0.2) is 0 Å². The van der Waals surface area contributed by atoms with Gasteiger partial charge in [0.1, 0.15) is 5.60 Å². The van der Waals surface area contributed by atoms with E-state index in [1.807, 2.05) is 20.8 Å². The Labute approximate surface area is 135 Å². The van der Waals surface area contributed by atoms with E-state index in [1.165, 1.54) is 32.1 Å².